The largest absolute Gasteiger partial charge is 0.316 e. The molecule has 26 heavy (non-hydrogen) atoms. The Morgan fingerprint density at radius 1 is 1.08 bits per heavy atom. The van der Waals surface area contributed by atoms with Crippen LogP contribution in [0.2, 0.25) is 0 Å². The van der Waals surface area contributed by atoms with Gasteiger partial charge in [0.2, 0.25) is 5.91 Å². The number of anilines is 1. The molecular weight excluding hydrogens is 441 g/mol. The molecule has 0 spiro atoms. The lowest BCUT2D eigenvalue weighted by atomic mass is 10.2. The Morgan fingerprint density at radius 3 is 2.42 bits per heavy atom. The summed E-state index contributed by atoms with van der Waals surface area (Å²) in [5.74, 6) is -0.337. The van der Waals surface area contributed by atoms with Gasteiger partial charge in [-0.3, -0.25) is 14.3 Å². The molecule has 5 nitrogen and oxygen atoms in total. The van der Waals surface area contributed by atoms with E-state index in [1.54, 1.807) is 24.7 Å². The van der Waals surface area contributed by atoms with Crippen LogP contribution in [0.3, 0.4) is 0 Å². The summed E-state index contributed by atoms with van der Waals surface area (Å²) < 4.78 is 4.32. The first-order valence-electron chi connectivity index (χ1n) is 8.06. The van der Waals surface area contributed by atoms with Gasteiger partial charge in [0.1, 0.15) is 5.69 Å². The number of nitrogens with zero attached hydrogens (tertiary/aromatic N) is 2. The van der Waals surface area contributed by atoms with Crippen LogP contribution in [-0.2, 0) is 11.8 Å². The van der Waals surface area contributed by atoms with Gasteiger partial charge in [-0.15, -0.1) is 0 Å². The first-order chi connectivity index (χ1) is 12.5. The van der Waals surface area contributed by atoms with Crippen molar-refractivity contribution in [2.45, 2.75) is 6.92 Å². The summed E-state index contributed by atoms with van der Waals surface area (Å²) in [6, 6.07) is 17.1. The fourth-order valence-electron chi connectivity index (χ4n) is 2.65. The summed E-state index contributed by atoms with van der Waals surface area (Å²) in [6.07, 6.45) is 3.18. The minimum absolute atomic E-state index is 0.257. The van der Waals surface area contributed by atoms with Crippen molar-refractivity contribution in [2.24, 2.45) is 7.05 Å². The van der Waals surface area contributed by atoms with E-state index in [1.807, 2.05) is 54.6 Å². The lowest BCUT2D eigenvalue weighted by Gasteiger charge is -2.07. The Balaban J connectivity index is 1.88. The molecule has 1 N–H and O–H groups in total. The fourth-order valence-corrected chi connectivity index (χ4v) is 3.22. The lowest BCUT2D eigenvalue weighted by Crippen LogP contribution is -2.22. The summed E-state index contributed by atoms with van der Waals surface area (Å²) >= 11 is 2.22. The highest BCUT2D eigenvalue weighted by molar-refractivity contribution is 14.1. The van der Waals surface area contributed by atoms with Crippen molar-refractivity contribution in [3.8, 4) is 5.69 Å². The van der Waals surface area contributed by atoms with E-state index < -0.39 is 0 Å². The second-order valence-corrected chi connectivity index (χ2v) is 6.94. The van der Waals surface area contributed by atoms with Crippen molar-refractivity contribution in [2.75, 3.05) is 5.32 Å². The normalized spacial score (nSPS) is 11.0. The van der Waals surface area contributed by atoms with Crippen LogP contribution in [0.1, 0.15) is 11.3 Å². The number of benzene rings is 2. The number of halogens is 1. The molecule has 0 radical (unpaired) electrons. The Kier molecular flexibility index (Phi) is 5.41. The molecular formula is C20H18IN3O2. The molecule has 0 saturated carbocycles. The third-order valence-corrected chi connectivity index (χ3v) is 5.10. The number of para-hydroxylation sites is 1. The number of nitrogens with one attached hydrogen (secondary N) is 1. The molecule has 0 bridgehead atoms. The van der Waals surface area contributed by atoms with Crippen molar-refractivity contribution < 1.29 is 4.79 Å². The highest BCUT2D eigenvalue weighted by atomic mass is 127. The van der Waals surface area contributed by atoms with Gasteiger partial charge < -0.3 is 5.32 Å². The zero-order valence-electron chi connectivity index (χ0n) is 14.4. The smallest absolute Gasteiger partial charge is 0.295 e. The molecule has 132 valence electrons. The van der Waals surface area contributed by atoms with Crippen molar-refractivity contribution in [3.05, 3.63) is 85.9 Å². The van der Waals surface area contributed by atoms with Gasteiger partial charge in [0, 0.05) is 16.7 Å². The van der Waals surface area contributed by atoms with Crippen molar-refractivity contribution in [1.82, 2.24) is 9.36 Å². The van der Waals surface area contributed by atoms with Crippen LogP contribution in [-0.4, -0.2) is 15.3 Å². The van der Waals surface area contributed by atoms with E-state index in [0.717, 1.165) is 14.8 Å². The monoisotopic (exact) mass is 459 g/mol. The second kappa shape index (κ2) is 7.74. The third-order valence-electron chi connectivity index (χ3n) is 4.12. The first kappa shape index (κ1) is 18.2. The zero-order chi connectivity index (χ0) is 18.7. The van der Waals surface area contributed by atoms with Crippen molar-refractivity contribution in [1.29, 1.82) is 0 Å². The van der Waals surface area contributed by atoms with Crippen LogP contribution in [0.15, 0.2) is 65.5 Å². The summed E-state index contributed by atoms with van der Waals surface area (Å²) in [4.78, 5) is 25.1. The van der Waals surface area contributed by atoms with Gasteiger partial charge in [0.05, 0.1) is 11.4 Å². The molecule has 2 aromatic carbocycles. The summed E-state index contributed by atoms with van der Waals surface area (Å²) in [6.45, 7) is 1.81. The van der Waals surface area contributed by atoms with Crippen LogP contribution >= 0.6 is 22.6 Å². The maximum Gasteiger partial charge on any atom is 0.295 e. The molecule has 0 aliphatic heterocycles. The van der Waals surface area contributed by atoms with Gasteiger partial charge in [0.15, 0.2) is 0 Å². The maximum absolute atomic E-state index is 12.8. The highest BCUT2D eigenvalue weighted by Gasteiger charge is 2.17. The number of carbonyl (C=O) groups excluding carboxylic acids is 1. The quantitative estimate of drug-likeness (QED) is 0.478. The molecule has 0 aliphatic rings. The summed E-state index contributed by atoms with van der Waals surface area (Å²) in [5.41, 5.74) is 2.42. The second-order valence-electron chi connectivity index (χ2n) is 5.78. The molecule has 0 unspecified atom stereocenters. The summed E-state index contributed by atoms with van der Waals surface area (Å²) in [7, 11) is 1.79. The van der Waals surface area contributed by atoms with E-state index in [0.29, 0.717) is 5.69 Å². The van der Waals surface area contributed by atoms with Crippen LogP contribution < -0.4 is 10.9 Å². The van der Waals surface area contributed by atoms with E-state index in [1.165, 1.54) is 10.8 Å². The molecule has 1 aromatic heterocycles. The van der Waals surface area contributed by atoms with Gasteiger partial charge in [-0.1, -0.05) is 36.4 Å². The molecule has 1 amide bonds. The molecule has 0 aliphatic carbocycles. The predicted octanol–water partition coefficient (Wildman–Crippen LogP) is 3.74. The average molecular weight is 459 g/mol. The van der Waals surface area contributed by atoms with E-state index in [4.69, 9.17) is 0 Å². The number of aromatic nitrogens is 2. The predicted molar refractivity (Wildman–Crippen MR) is 113 cm³/mol. The maximum atomic E-state index is 12.8. The Labute approximate surface area is 165 Å². The van der Waals surface area contributed by atoms with Crippen molar-refractivity contribution in [3.63, 3.8) is 0 Å². The van der Waals surface area contributed by atoms with Crippen LogP contribution in [0.5, 0.6) is 0 Å². The summed E-state index contributed by atoms with van der Waals surface area (Å²) in [5, 5.41) is 2.72. The SMILES string of the molecule is Cc1c(NC(=O)C=Cc2ccccc2I)c(=O)n(-c2ccccc2)n1C. The van der Waals surface area contributed by atoms with Gasteiger partial charge in [-0.05, 0) is 59.4 Å². The molecule has 0 fully saturated rings. The Morgan fingerprint density at radius 2 is 1.73 bits per heavy atom. The topological polar surface area (TPSA) is 56.0 Å². The van der Waals surface area contributed by atoms with E-state index in [-0.39, 0.29) is 17.2 Å². The van der Waals surface area contributed by atoms with Crippen molar-refractivity contribution >= 4 is 40.3 Å². The first-order valence-corrected chi connectivity index (χ1v) is 9.14. The molecule has 3 rings (SSSR count). The number of amides is 1. The molecule has 3 aromatic rings. The van der Waals surface area contributed by atoms with Crippen LogP contribution in [0.25, 0.3) is 11.8 Å². The van der Waals surface area contributed by atoms with Gasteiger partial charge in [0.25, 0.3) is 5.56 Å². The molecule has 0 atom stereocenters. The average Bonchev–Trinajstić information content (AvgIpc) is 2.85. The Bertz CT molecular complexity index is 1030. The number of rotatable bonds is 4. The van der Waals surface area contributed by atoms with E-state index in [9.17, 15) is 9.59 Å². The number of carbonyl (C=O) groups is 1. The minimum atomic E-state index is -0.337. The van der Waals surface area contributed by atoms with Gasteiger partial charge in [-0.25, -0.2) is 4.68 Å². The van der Waals surface area contributed by atoms with E-state index >= 15 is 0 Å². The number of hydrogen-bond donors (Lipinski definition) is 1. The minimum Gasteiger partial charge on any atom is -0.316 e. The van der Waals surface area contributed by atoms with Crippen LogP contribution in [0, 0.1) is 10.5 Å². The molecule has 1 heterocycles. The van der Waals surface area contributed by atoms with Crippen LogP contribution in [0.4, 0.5) is 5.69 Å². The standard InChI is InChI=1S/C20H18IN3O2/c1-14-19(20(26)24(23(14)2)16-9-4-3-5-10-16)22-18(25)13-12-15-8-6-7-11-17(15)21/h3-13H,1-2H3,(H,22,25). The lowest BCUT2D eigenvalue weighted by molar-refractivity contribution is -0.111. The van der Waals surface area contributed by atoms with Gasteiger partial charge >= 0.3 is 0 Å². The molecule has 0 saturated heterocycles. The van der Waals surface area contributed by atoms with E-state index in [2.05, 4.69) is 27.9 Å². The highest BCUT2D eigenvalue weighted by Crippen LogP contribution is 2.15. The number of hydrogen-bond acceptors (Lipinski definition) is 2. The zero-order valence-corrected chi connectivity index (χ0v) is 16.6. The fraction of sp³-hybridized carbons (Fsp3) is 0.100. The van der Waals surface area contributed by atoms with Gasteiger partial charge in [-0.2, -0.15) is 0 Å². The molecule has 6 heteroatoms. The third kappa shape index (κ3) is 3.65. The Hall–Kier alpha value is -2.61.